The van der Waals surface area contributed by atoms with E-state index in [-0.39, 0.29) is 36.2 Å². The predicted molar refractivity (Wildman–Crippen MR) is 99.9 cm³/mol. The lowest BCUT2D eigenvalue weighted by molar-refractivity contribution is -0.622. The minimum Gasteiger partial charge on any atom is -0.616 e. The van der Waals surface area contributed by atoms with E-state index in [9.17, 15) is 14.8 Å². The number of nitrogens with one attached hydrogen (secondary N) is 1. The Morgan fingerprint density at radius 3 is 2.59 bits per heavy atom. The van der Waals surface area contributed by atoms with Gasteiger partial charge in [-0.3, -0.25) is 9.59 Å². The molecule has 27 heavy (non-hydrogen) atoms. The van der Waals surface area contributed by atoms with Crippen LogP contribution in [0.3, 0.4) is 0 Å². The van der Waals surface area contributed by atoms with Crippen LogP contribution in [-0.2, 0) is 13.0 Å². The number of carbonyl (C=O) groups excluding carboxylic acids is 1. The van der Waals surface area contributed by atoms with Crippen molar-refractivity contribution < 1.29 is 19.0 Å². The third kappa shape index (κ3) is 4.58. The number of aromatic nitrogens is 2. The summed E-state index contributed by atoms with van der Waals surface area (Å²) in [6.07, 6.45) is 0.281. The summed E-state index contributed by atoms with van der Waals surface area (Å²) in [7, 11) is 4.44. The highest BCUT2D eigenvalue weighted by atomic mass is 16.5. The van der Waals surface area contributed by atoms with Crippen LogP contribution >= 0.6 is 0 Å². The quantitative estimate of drug-likeness (QED) is 0.584. The van der Waals surface area contributed by atoms with Gasteiger partial charge in [0.15, 0.2) is 0 Å². The van der Waals surface area contributed by atoms with Crippen LogP contribution in [-0.4, -0.2) is 37.1 Å². The third-order valence-electron chi connectivity index (χ3n) is 4.05. The number of hydrogen-bond donors (Lipinski definition) is 1. The van der Waals surface area contributed by atoms with Crippen molar-refractivity contribution in [3.8, 4) is 11.6 Å². The van der Waals surface area contributed by atoms with Gasteiger partial charge < -0.3 is 24.6 Å². The van der Waals surface area contributed by atoms with E-state index in [1.165, 1.54) is 12.0 Å². The summed E-state index contributed by atoms with van der Waals surface area (Å²) < 4.78 is 10.7. The van der Waals surface area contributed by atoms with Gasteiger partial charge in [0, 0.05) is 20.0 Å². The van der Waals surface area contributed by atoms with Crippen molar-refractivity contribution in [1.29, 1.82) is 0 Å². The van der Waals surface area contributed by atoms with Crippen LogP contribution in [0, 0.1) is 11.1 Å². The molecule has 1 amide bonds. The first-order chi connectivity index (χ1) is 12.8. The van der Waals surface area contributed by atoms with Crippen LogP contribution < -0.4 is 19.8 Å². The average molecular weight is 375 g/mol. The van der Waals surface area contributed by atoms with Gasteiger partial charge in [0.2, 0.25) is 5.69 Å². The van der Waals surface area contributed by atoms with Crippen LogP contribution in [0.2, 0.25) is 0 Å². The van der Waals surface area contributed by atoms with Gasteiger partial charge in [-0.2, -0.15) is 0 Å². The summed E-state index contributed by atoms with van der Waals surface area (Å²) in [5.41, 5.74) is 0.111. The standard InChI is InChI=1S/C19H25N3O5/c1-12(2)9-15-17(23)20-16(19(27-5)22(15)25)18(24)21(3)11-13-7-6-8-14(10-13)26-4/h6-8,10,12H,9,11H2,1-5H3,(H,20,23). The number of ether oxygens (including phenoxy) is 2. The molecule has 1 aromatic heterocycles. The Kier molecular flexibility index (Phi) is 6.44. The van der Waals surface area contributed by atoms with Crippen LogP contribution in [0.1, 0.15) is 35.6 Å². The lowest BCUT2D eigenvalue weighted by Gasteiger charge is -2.18. The second-order valence-corrected chi connectivity index (χ2v) is 6.69. The van der Waals surface area contributed by atoms with Gasteiger partial charge in [-0.15, -0.1) is 4.73 Å². The Bertz CT molecular complexity index is 876. The zero-order valence-corrected chi connectivity index (χ0v) is 16.2. The Hall–Kier alpha value is -3.03. The Balaban J connectivity index is 2.35. The molecule has 1 aromatic carbocycles. The molecule has 0 unspecified atom stereocenters. The molecule has 1 N–H and O–H groups in total. The molecule has 0 saturated heterocycles. The van der Waals surface area contributed by atoms with E-state index in [1.807, 2.05) is 32.0 Å². The van der Waals surface area contributed by atoms with E-state index in [2.05, 4.69) is 4.98 Å². The fraction of sp³-hybridized carbons (Fsp3) is 0.421. The second-order valence-electron chi connectivity index (χ2n) is 6.69. The van der Waals surface area contributed by atoms with Crippen LogP contribution in [0.15, 0.2) is 29.1 Å². The molecule has 8 nitrogen and oxygen atoms in total. The lowest BCUT2D eigenvalue weighted by atomic mass is 10.1. The molecule has 0 aliphatic carbocycles. The first kappa shape index (κ1) is 20.3. The molecular formula is C19H25N3O5. The first-order valence-corrected chi connectivity index (χ1v) is 8.59. The average Bonchev–Trinajstić information content (AvgIpc) is 2.64. The van der Waals surface area contributed by atoms with Crippen LogP contribution in [0.5, 0.6) is 11.6 Å². The molecule has 0 aliphatic heterocycles. The van der Waals surface area contributed by atoms with Gasteiger partial charge in [0.1, 0.15) is 5.75 Å². The number of amides is 1. The predicted octanol–water partition coefficient (Wildman–Crippen LogP) is 1.50. The minimum atomic E-state index is -0.586. The van der Waals surface area contributed by atoms with Crippen molar-refractivity contribution in [2.45, 2.75) is 26.8 Å². The number of rotatable bonds is 7. The molecule has 0 aliphatic rings. The molecular weight excluding hydrogens is 350 g/mol. The molecule has 0 radical (unpaired) electrons. The molecule has 0 spiro atoms. The van der Waals surface area contributed by atoms with Gasteiger partial charge in [-0.1, -0.05) is 26.0 Å². The van der Waals surface area contributed by atoms with Crippen molar-refractivity contribution in [2.75, 3.05) is 21.3 Å². The van der Waals surface area contributed by atoms with E-state index in [0.717, 1.165) is 5.56 Å². The molecule has 0 atom stereocenters. The number of aromatic amines is 1. The maximum Gasteiger partial charge on any atom is 0.409 e. The summed E-state index contributed by atoms with van der Waals surface area (Å²) in [5.74, 6) is 0.0447. The monoisotopic (exact) mass is 375 g/mol. The summed E-state index contributed by atoms with van der Waals surface area (Å²) >= 11 is 0. The van der Waals surface area contributed by atoms with Gasteiger partial charge in [0.25, 0.3) is 11.6 Å². The smallest absolute Gasteiger partial charge is 0.409 e. The van der Waals surface area contributed by atoms with Gasteiger partial charge in [-0.25, -0.2) is 0 Å². The second kappa shape index (κ2) is 8.57. The molecule has 0 saturated carbocycles. The fourth-order valence-electron chi connectivity index (χ4n) is 2.76. The SMILES string of the molecule is COc1cccc(CN(C)C(=O)c2[nH]c(=O)c(CC(C)C)[n+]([O-])c2OC)c1. The van der Waals surface area contributed by atoms with E-state index in [4.69, 9.17) is 9.47 Å². The molecule has 146 valence electrons. The highest BCUT2D eigenvalue weighted by Gasteiger charge is 2.29. The van der Waals surface area contributed by atoms with Gasteiger partial charge in [0.05, 0.1) is 14.2 Å². The van der Waals surface area contributed by atoms with Crippen molar-refractivity contribution in [1.82, 2.24) is 9.88 Å². The zero-order chi connectivity index (χ0) is 20.1. The summed E-state index contributed by atoms with van der Waals surface area (Å²) in [5, 5.41) is 12.5. The Morgan fingerprint density at radius 1 is 1.30 bits per heavy atom. The highest BCUT2D eigenvalue weighted by Crippen LogP contribution is 2.17. The van der Waals surface area contributed by atoms with E-state index < -0.39 is 11.5 Å². The highest BCUT2D eigenvalue weighted by molar-refractivity contribution is 5.93. The normalized spacial score (nSPS) is 10.7. The Labute approximate surface area is 157 Å². The number of carbonyl (C=O) groups is 1. The number of hydrogen-bond acceptors (Lipinski definition) is 5. The van der Waals surface area contributed by atoms with Crippen molar-refractivity contribution >= 4 is 5.91 Å². The van der Waals surface area contributed by atoms with Crippen molar-refractivity contribution in [3.63, 3.8) is 0 Å². The van der Waals surface area contributed by atoms with Crippen molar-refractivity contribution in [3.05, 3.63) is 56.8 Å². The van der Waals surface area contributed by atoms with Crippen LogP contribution in [0.4, 0.5) is 0 Å². The summed E-state index contributed by atoms with van der Waals surface area (Å²) in [4.78, 5) is 29.0. The minimum absolute atomic E-state index is 0.0221. The molecule has 2 aromatic rings. The van der Waals surface area contributed by atoms with Crippen LogP contribution in [0.25, 0.3) is 0 Å². The van der Waals surface area contributed by atoms with Crippen molar-refractivity contribution in [2.24, 2.45) is 5.92 Å². The fourth-order valence-corrected chi connectivity index (χ4v) is 2.76. The Morgan fingerprint density at radius 2 is 2.00 bits per heavy atom. The molecule has 8 heteroatoms. The molecule has 0 bridgehead atoms. The van der Waals surface area contributed by atoms with Gasteiger partial charge >= 0.3 is 11.4 Å². The maximum atomic E-state index is 12.8. The lowest BCUT2D eigenvalue weighted by Crippen LogP contribution is -2.45. The van der Waals surface area contributed by atoms with E-state index >= 15 is 0 Å². The number of methoxy groups -OCH3 is 2. The largest absolute Gasteiger partial charge is 0.616 e. The topological polar surface area (TPSA) is 98.6 Å². The number of benzene rings is 1. The number of nitrogens with zero attached hydrogens (tertiary/aromatic N) is 2. The summed E-state index contributed by atoms with van der Waals surface area (Å²) in [6.45, 7) is 4.06. The van der Waals surface area contributed by atoms with E-state index in [1.54, 1.807) is 20.2 Å². The first-order valence-electron chi connectivity index (χ1n) is 8.59. The van der Waals surface area contributed by atoms with E-state index in [0.29, 0.717) is 10.5 Å². The molecule has 1 heterocycles. The maximum absolute atomic E-state index is 12.8. The zero-order valence-electron chi connectivity index (χ0n) is 16.2. The summed E-state index contributed by atoms with van der Waals surface area (Å²) in [6, 6.07) is 7.29. The number of H-pyrrole nitrogens is 1. The third-order valence-corrected chi connectivity index (χ3v) is 4.05. The molecule has 0 fully saturated rings. The molecule has 2 rings (SSSR count). The van der Waals surface area contributed by atoms with Gasteiger partial charge in [-0.05, 0) is 23.6 Å².